The molecule has 0 amide bonds. The van der Waals surface area contributed by atoms with E-state index in [0.717, 1.165) is 0 Å². The van der Waals surface area contributed by atoms with E-state index < -0.39 is 28.7 Å². The largest absolute Gasteiger partial charge is 0.464 e. The molecule has 7 heteroatoms. The second kappa shape index (κ2) is 4.89. The zero-order chi connectivity index (χ0) is 12.5. The Bertz CT molecular complexity index is 397. The van der Waals surface area contributed by atoms with Crippen molar-refractivity contribution in [2.75, 3.05) is 25.6 Å². The first-order valence-corrected chi connectivity index (χ1v) is 7.39. The van der Waals surface area contributed by atoms with Gasteiger partial charge in [-0.15, -0.1) is 0 Å². The molecule has 0 N–H and O–H groups in total. The first-order valence-electron chi connectivity index (χ1n) is 5.78. The Morgan fingerprint density at radius 3 is 2.88 bits per heavy atom. The van der Waals surface area contributed by atoms with Crippen LogP contribution in [0.4, 0.5) is 4.39 Å². The van der Waals surface area contributed by atoms with Gasteiger partial charge in [0.25, 0.3) is 0 Å². The minimum Gasteiger partial charge on any atom is -0.464 e. The summed E-state index contributed by atoms with van der Waals surface area (Å²) in [5.41, 5.74) is 0. The topological polar surface area (TPSA) is 63.7 Å². The number of esters is 1. The Morgan fingerprint density at radius 2 is 2.18 bits per heavy atom. The molecule has 0 aromatic rings. The van der Waals surface area contributed by atoms with Crippen molar-refractivity contribution in [2.24, 2.45) is 5.92 Å². The normalized spacial score (nSPS) is 30.1. The number of rotatable bonds is 4. The third-order valence-electron chi connectivity index (χ3n) is 3.34. The van der Waals surface area contributed by atoms with Crippen LogP contribution in [0.3, 0.4) is 0 Å². The molecule has 2 atom stereocenters. The van der Waals surface area contributed by atoms with Gasteiger partial charge in [-0.05, 0) is 25.2 Å². The van der Waals surface area contributed by atoms with E-state index in [1.807, 2.05) is 0 Å². The predicted octanol–water partition coefficient (Wildman–Crippen LogP) is 0.313. The van der Waals surface area contributed by atoms with Crippen LogP contribution < -0.4 is 0 Å². The van der Waals surface area contributed by atoms with Gasteiger partial charge < -0.3 is 4.74 Å². The number of nitrogens with zero attached hydrogens (tertiary/aromatic N) is 1. The summed E-state index contributed by atoms with van der Waals surface area (Å²) in [5.74, 6) is -0.626. The van der Waals surface area contributed by atoms with Crippen LogP contribution in [0, 0.1) is 5.92 Å². The van der Waals surface area contributed by atoms with E-state index in [1.165, 1.54) is 4.31 Å². The average Bonchev–Trinajstić information content (AvgIpc) is 2.72. The molecule has 0 saturated carbocycles. The molecule has 0 spiro atoms. The van der Waals surface area contributed by atoms with Crippen LogP contribution in [0.15, 0.2) is 0 Å². The fourth-order valence-corrected chi connectivity index (χ4v) is 4.20. The third kappa shape index (κ3) is 2.44. The number of alkyl halides is 1. The number of carbonyl (C=O) groups excluding carboxylic acids is 1. The molecule has 0 aromatic carbocycles. The summed E-state index contributed by atoms with van der Waals surface area (Å²) >= 11 is 0. The van der Waals surface area contributed by atoms with E-state index in [2.05, 4.69) is 0 Å². The van der Waals surface area contributed by atoms with E-state index in [0.29, 0.717) is 26.0 Å². The Balaban J connectivity index is 2.13. The van der Waals surface area contributed by atoms with Gasteiger partial charge >= 0.3 is 5.97 Å². The van der Waals surface area contributed by atoms with Crippen LogP contribution in [-0.2, 0) is 19.6 Å². The summed E-state index contributed by atoms with van der Waals surface area (Å²) in [4.78, 5) is 11.6. The summed E-state index contributed by atoms with van der Waals surface area (Å²) < 4.78 is 42.0. The lowest BCUT2D eigenvalue weighted by molar-refractivity contribution is -0.153. The molecule has 98 valence electrons. The number of fused-ring (bicyclic) bond motifs is 1. The number of cyclic esters (lactones) is 1. The monoisotopic (exact) mass is 265 g/mol. The van der Waals surface area contributed by atoms with Gasteiger partial charge in [-0.2, -0.15) is 4.31 Å². The van der Waals surface area contributed by atoms with Crippen LogP contribution >= 0.6 is 0 Å². The zero-order valence-corrected chi connectivity index (χ0v) is 10.3. The van der Waals surface area contributed by atoms with Gasteiger partial charge in [0, 0.05) is 6.54 Å². The Kier molecular flexibility index (Phi) is 3.67. The minimum atomic E-state index is -3.53. The molecule has 2 aliphatic heterocycles. The van der Waals surface area contributed by atoms with Gasteiger partial charge in [0.1, 0.15) is 6.04 Å². The van der Waals surface area contributed by atoms with E-state index in [-0.39, 0.29) is 18.1 Å². The highest BCUT2D eigenvalue weighted by atomic mass is 32.2. The quantitative estimate of drug-likeness (QED) is 0.686. The summed E-state index contributed by atoms with van der Waals surface area (Å²) in [6.07, 6.45) is 1.38. The number of hydrogen-bond acceptors (Lipinski definition) is 4. The SMILES string of the molecule is O=C1OCC[C@H]2CCN(S(=O)(=O)CCCF)[C@@H]12. The van der Waals surface area contributed by atoms with Gasteiger partial charge in [-0.1, -0.05) is 0 Å². The van der Waals surface area contributed by atoms with Gasteiger partial charge in [0.2, 0.25) is 10.0 Å². The molecule has 5 nitrogen and oxygen atoms in total. The van der Waals surface area contributed by atoms with Crippen molar-refractivity contribution in [3.05, 3.63) is 0 Å². The summed E-state index contributed by atoms with van der Waals surface area (Å²) in [5, 5.41) is 0. The maximum atomic E-state index is 12.0. The summed E-state index contributed by atoms with van der Waals surface area (Å²) in [7, 11) is -3.53. The molecule has 2 rings (SSSR count). The van der Waals surface area contributed by atoms with E-state index in [4.69, 9.17) is 4.74 Å². The van der Waals surface area contributed by atoms with Crippen molar-refractivity contribution < 1.29 is 22.3 Å². The molecule has 2 fully saturated rings. The zero-order valence-electron chi connectivity index (χ0n) is 9.47. The molecular weight excluding hydrogens is 249 g/mol. The van der Waals surface area contributed by atoms with Crippen molar-refractivity contribution in [3.8, 4) is 0 Å². The lowest BCUT2D eigenvalue weighted by atomic mass is 9.96. The number of halogens is 1. The molecule has 0 unspecified atom stereocenters. The van der Waals surface area contributed by atoms with E-state index >= 15 is 0 Å². The first-order chi connectivity index (χ1) is 8.06. The molecule has 17 heavy (non-hydrogen) atoms. The maximum absolute atomic E-state index is 12.0. The van der Waals surface area contributed by atoms with Crippen LogP contribution in [0.2, 0.25) is 0 Å². The van der Waals surface area contributed by atoms with Crippen LogP contribution in [0.5, 0.6) is 0 Å². The highest BCUT2D eigenvalue weighted by Crippen LogP contribution is 2.33. The number of sulfonamides is 1. The third-order valence-corrected chi connectivity index (χ3v) is 5.27. The Labute approximate surface area is 100.0 Å². The predicted molar refractivity (Wildman–Crippen MR) is 58.6 cm³/mol. The molecule has 0 bridgehead atoms. The lowest BCUT2D eigenvalue weighted by Crippen LogP contribution is -2.47. The van der Waals surface area contributed by atoms with E-state index in [1.54, 1.807) is 0 Å². The molecule has 2 aliphatic rings. The molecule has 2 heterocycles. The van der Waals surface area contributed by atoms with Crippen molar-refractivity contribution in [1.29, 1.82) is 0 Å². The van der Waals surface area contributed by atoms with Gasteiger partial charge in [-0.25, -0.2) is 8.42 Å². The summed E-state index contributed by atoms with van der Waals surface area (Å²) in [6.45, 7) is 0.0586. The molecular formula is C10H16FNO4S. The lowest BCUT2D eigenvalue weighted by Gasteiger charge is -2.29. The van der Waals surface area contributed by atoms with Crippen LogP contribution in [0.1, 0.15) is 19.3 Å². The second-order valence-electron chi connectivity index (χ2n) is 4.42. The van der Waals surface area contributed by atoms with Gasteiger partial charge in [0.05, 0.1) is 19.0 Å². The van der Waals surface area contributed by atoms with Gasteiger partial charge in [0.15, 0.2) is 0 Å². The average molecular weight is 265 g/mol. The highest BCUT2D eigenvalue weighted by molar-refractivity contribution is 7.89. The fourth-order valence-electron chi connectivity index (χ4n) is 2.50. The fraction of sp³-hybridized carbons (Fsp3) is 0.900. The standard InChI is InChI=1S/C10H16FNO4S/c11-4-1-7-17(14,15)12-5-2-8-3-6-16-10(13)9(8)12/h8-9H,1-7H2/t8-,9-/m1/s1. The van der Waals surface area contributed by atoms with Crippen LogP contribution in [0.25, 0.3) is 0 Å². The number of carbonyl (C=O) groups is 1. The molecule has 0 aromatic heterocycles. The molecule has 0 radical (unpaired) electrons. The molecule has 0 aliphatic carbocycles. The maximum Gasteiger partial charge on any atom is 0.324 e. The van der Waals surface area contributed by atoms with Crippen molar-refractivity contribution in [3.63, 3.8) is 0 Å². The summed E-state index contributed by atoms with van der Waals surface area (Å²) in [6, 6.07) is -0.673. The van der Waals surface area contributed by atoms with Crippen molar-refractivity contribution >= 4 is 16.0 Å². The first kappa shape index (κ1) is 12.8. The van der Waals surface area contributed by atoms with Crippen LogP contribution in [-0.4, -0.2) is 50.3 Å². The number of hydrogen-bond donors (Lipinski definition) is 0. The second-order valence-corrected chi connectivity index (χ2v) is 6.46. The van der Waals surface area contributed by atoms with E-state index in [9.17, 15) is 17.6 Å². The Morgan fingerprint density at radius 1 is 1.41 bits per heavy atom. The van der Waals surface area contributed by atoms with Gasteiger partial charge in [-0.3, -0.25) is 9.18 Å². The molecule has 2 saturated heterocycles. The van der Waals surface area contributed by atoms with Crippen molar-refractivity contribution in [1.82, 2.24) is 4.31 Å². The highest BCUT2D eigenvalue weighted by Gasteiger charge is 2.47. The van der Waals surface area contributed by atoms with Crippen molar-refractivity contribution in [2.45, 2.75) is 25.3 Å². The minimum absolute atomic E-state index is 0.0226. The smallest absolute Gasteiger partial charge is 0.324 e. The number of ether oxygens (including phenoxy) is 1. The Hall–Kier alpha value is -0.690.